The van der Waals surface area contributed by atoms with Gasteiger partial charge >= 0.3 is 0 Å². The smallest absolute Gasteiger partial charge is 0.227 e. The maximum atomic E-state index is 5.73. The fourth-order valence-electron chi connectivity index (χ4n) is 1.89. The molecule has 1 heterocycles. The minimum Gasteiger partial charge on any atom is -0.436 e. The summed E-state index contributed by atoms with van der Waals surface area (Å²) in [6.45, 7) is 0.481. The van der Waals surface area contributed by atoms with Gasteiger partial charge in [0.2, 0.25) is 5.89 Å². The topological polar surface area (TPSA) is 52.0 Å². The zero-order valence-corrected chi connectivity index (χ0v) is 9.26. The molecule has 0 aliphatic heterocycles. The first-order valence-electron chi connectivity index (χ1n) is 5.52. The predicted octanol–water partition coefficient (Wildman–Crippen LogP) is 2.95. The van der Waals surface area contributed by atoms with Gasteiger partial charge in [0.1, 0.15) is 5.52 Å². The van der Waals surface area contributed by atoms with Crippen molar-refractivity contribution in [2.75, 3.05) is 0 Å². The maximum Gasteiger partial charge on any atom is 0.227 e. The molecule has 0 bridgehead atoms. The average molecular weight is 224 g/mol. The van der Waals surface area contributed by atoms with Crippen LogP contribution in [-0.4, -0.2) is 4.98 Å². The highest BCUT2D eigenvalue weighted by atomic mass is 16.3. The predicted molar refractivity (Wildman–Crippen MR) is 67.3 cm³/mol. The van der Waals surface area contributed by atoms with E-state index in [0.29, 0.717) is 12.4 Å². The van der Waals surface area contributed by atoms with E-state index in [4.69, 9.17) is 10.2 Å². The van der Waals surface area contributed by atoms with Gasteiger partial charge in [-0.3, -0.25) is 0 Å². The van der Waals surface area contributed by atoms with Crippen molar-refractivity contribution in [3.8, 4) is 11.5 Å². The average Bonchev–Trinajstić information content (AvgIpc) is 2.82. The highest BCUT2D eigenvalue weighted by molar-refractivity contribution is 5.76. The van der Waals surface area contributed by atoms with E-state index in [-0.39, 0.29) is 0 Å². The van der Waals surface area contributed by atoms with E-state index in [0.717, 1.165) is 22.2 Å². The zero-order chi connectivity index (χ0) is 11.7. The van der Waals surface area contributed by atoms with Crippen LogP contribution >= 0.6 is 0 Å². The van der Waals surface area contributed by atoms with Crippen molar-refractivity contribution in [2.24, 2.45) is 5.73 Å². The van der Waals surface area contributed by atoms with E-state index in [1.54, 1.807) is 0 Å². The Hall–Kier alpha value is -2.13. The number of para-hydroxylation sites is 2. The molecule has 0 fully saturated rings. The molecule has 3 aromatic rings. The SMILES string of the molecule is NCc1ccccc1-c1nc2ccccc2o1. The van der Waals surface area contributed by atoms with Crippen LogP contribution in [-0.2, 0) is 6.54 Å². The van der Waals surface area contributed by atoms with Gasteiger partial charge < -0.3 is 10.2 Å². The number of hydrogen-bond donors (Lipinski definition) is 1. The lowest BCUT2D eigenvalue weighted by molar-refractivity contribution is 0.619. The van der Waals surface area contributed by atoms with E-state index >= 15 is 0 Å². The largest absolute Gasteiger partial charge is 0.436 e. The van der Waals surface area contributed by atoms with E-state index in [1.807, 2.05) is 48.5 Å². The molecule has 0 spiro atoms. The molecule has 0 saturated heterocycles. The second kappa shape index (κ2) is 4.03. The van der Waals surface area contributed by atoms with Crippen LogP contribution in [0.4, 0.5) is 0 Å². The summed E-state index contributed by atoms with van der Waals surface area (Å²) in [4.78, 5) is 4.47. The Balaban J connectivity index is 2.20. The van der Waals surface area contributed by atoms with Gasteiger partial charge in [-0.25, -0.2) is 4.98 Å². The second-order valence-electron chi connectivity index (χ2n) is 3.85. The third-order valence-electron chi connectivity index (χ3n) is 2.76. The summed E-state index contributed by atoms with van der Waals surface area (Å²) in [6.07, 6.45) is 0. The van der Waals surface area contributed by atoms with Crippen LogP contribution in [0.1, 0.15) is 5.56 Å². The molecule has 2 N–H and O–H groups in total. The number of rotatable bonds is 2. The van der Waals surface area contributed by atoms with Crippen molar-refractivity contribution in [3.05, 3.63) is 54.1 Å². The first-order chi connectivity index (χ1) is 8.38. The Morgan fingerprint density at radius 1 is 1.00 bits per heavy atom. The minimum atomic E-state index is 0.481. The van der Waals surface area contributed by atoms with Gasteiger partial charge in [-0.2, -0.15) is 0 Å². The van der Waals surface area contributed by atoms with Crippen molar-refractivity contribution in [1.29, 1.82) is 0 Å². The van der Waals surface area contributed by atoms with Crippen LogP contribution in [0.5, 0.6) is 0 Å². The first kappa shape index (κ1) is 10.1. The van der Waals surface area contributed by atoms with Crippen LogP contribution < -0.4 is 5.73 Å². The lowest BCUT2D eigenvalue weighted by Gasteiger charge is -2.02. The van der Waals surface area contributed by atoms with Gasteiger partial charge in [-0.15, -0.1) is 0 Å². The van der Waals surface area contributed by atoms with E-state index in [9.17, 15) is 0 Å². The summed E-state index contributed by atoms with van der Waals surface area (Å²) in [6, 6.07) is 15.6. The number of fused-ring (bicyclic) bond motifs is 1. The number of oxazole rings is 1. The van der Waals surface area contributed by atoms with Gasteiger partial charge in [0, 0.05) is 12.1 Å². The number of aromatic nitrogens is 1. The van der Waals surface area contributed by atoms with Gasteiger partial charge in [0.15, 0.2) is 5.58 Å². The molecule has 0 aliphatic rings. The fourth-order valence-corrected chi connectivity index (χ4v) is 1.89. The molecule has 0 aliphatic carbocycles. The molecular weight excluding hydrogens is 212 g/mol. The Kier molecular flexibility index (Phi) is 2.38. The highest BCUT2D eigenvalue weighted by Crippen LogP contribution is 2.26. The van der Waals surface area contributed by atoms with Crippen LogP contribution in [0.15, 0.2) is 52.9 Å². The molecule has 0 unspecified atom stereocenters. The Morgan fingerprint density at radius 2 is 1.76 bits per heavy atom. The lowest BCUT2D eigenvalue weighted by atomic mass is 10.1. The van der Waals surface area contributed by atoms with E-state index < -0.39 is 0 Å². The van der Waals surface area contributed by atoms with Gasteiger partial charge in [-0.1, -0.05) is 30.3 Å². The van der Waals surface area contributed by atoms with Crippen molar-refractivity contribution in [3.63, 3.8) is 0 Å². The summed E-state index contributed by atoms with van der Waals surface area (Å²) in [5.74, 6) is 0.632. The summed E-state index contributed by atoms with van der Waals surface area (Å²) < 4.78 is 5.73. The van der Waals surface area contributed by atoms with Gasteiger partial charge in [0.05, 0.1) is 0 Å². The van der Waals surface area contributed by atoms with E-state index in [2.05, 4.69) is 4.98 Å². The summed E-state index contributed by atoms with van der Waals surface area (Å²) in [5, 5.41) is 0. The fraction of sp³-hybridized carbons (Fsp3) is 0.0714. The molecular formula is C14H12N2O. The third kappa shape index (κ3) is 1.70. The number of hydrogen-bond acceptors (Lipinski definition) is 3. The van der Waals surface area contributed by atoms with E-state index in [1.165, 1.54) is 0 Å². The molecule has 84 valence electrons. The monoisotopic (exact) mass is 224 g/mol. The number of nitrogens with two attached hydrogens (primary N) is 1. The molecule has 0 saturated carbocycles. The quantitative estimate of drug-likeness (QED) is 0.728. The highest BCUT2D eigenvalue weighted by Gasteiger charge is 2.10. The third-order valence-corrected chi connectivity index (χ3v) is 2.76. The lowest BCUT2D eigenvalue weighted by Crippen LogP contribution is -1.98. The van der Waals surface area contributed by atoms with Crippen LogP contribution in [0.3, 0.4) is 0 Å². The van der Waals surface area contributed by atoms with Crippen LogP contribution in [0.2, 0.25) is 0 Å². The standard InChI is InChI=1S/C14H12N2O/c15-9-10-5-1-2-6-11(10)14-16-12-7-3-4-8-13(12)17-14/h1-8H,9,15H2. The minimum absolute atomic E-state index is 0.481. The van der Waals surface area contributed by atoms with Gasteiger partial charge in [0.25, 0.3) is 0 Å². The molecule has 17 heavy (non-hydrogen) atoms. The molecule has 3 rings (SSSR count). The normalized spacial score (nSPS) is 10.9. The van der Waals surface area contributed by atoms with Crippen molar-refractivity contribution >= 4 is 11.1 Å². The molecule has 2 aromatic carbocycles. The Morgan fingerprint density at radius 3 is 2.59 bits per heavy atom. The van der Waals surface area contributed by atoms with Crippen LogP contribution in [0.25, 0.3) is 22.6 Å². The van der Waals surface area contributed by atoms with Gasteiger partial charge in [-0.05, 0) is 23.8 Å². The van der Waals surface area contributed by atoms with Crippen LogP contribution in [0, 0.1) is 0 Å². The van der Waals surface area contributed by atoms with Crippen molar-refractivity contribution in [2.45, 2.75) is 6.54 Å². The molecule has 3 heteroatoms. The summed E-state index contributed by atoms with van der Waals surface area (Å²) in [7, 11) is 0. The molecule has 0 radical (unpaired) electrons. The van der Waals surface area contributed by atoms with Crippen molar-refractivity contribution < 1.29 is 4.42 Å². The molecule has 0 amide bonds. The Bertz CT molecular complexity index is 625. The number of benzene rings is 2. The maximum absolute atomic E-state index is 5.73. The second-order valence-corrected chi connectivity index (χ2v) is 3.85. The molecule has 3 nitrogen and oxygen atoms in total. The van der Waals surface area contributed by atoms with Crippen molar-refractivity contribution in [1.82, 2.24) is 4.98 Å². The Labute approximate surface area is 98.9 Å². The summed E-state index contributed by atoms with van der Waals surface area (Å²) in [5.41, 5.74) is 9.39. The number of nitrogens with zero attached hydrogens (tertiary/aromatic N) is 1. The zero-order valence-electron chi connectivity index (χ0n) is 9.26. The summed E-state index contributed by atoms with van der Waals surface area (Å²) >= 11 is 0. The molecule has 0 atom stereocenters. The first-order valence-corrected chi connectivity index (χ1v) is 5.52. The molecule has 1 aromatic heterocycles.